The molecule has 1 aliphatic rings. The van der Waals surface area contributed by atoms with Crippen molar-refractivity contribution in [2.75, 3.05) is 12.4 Å². The first-order valence-corrected chi connectivity index (χ1v) is 7.93. The average molecular weight is 339 g/mol. The van der Waals surface area contributed by atoms with Gasteiger partial charge >= 0.3 is 0 Å². The van der Waals surface area contributed by atoms with E-state index < -0.39 is 0 Å². The highest BCUT2D eigenvalue weighted by molar-refractivity contribution is 9.10. The number of ether oxygens (including phenoxy) is 1. The molecule has 3 rings (SSSR count). The van der Waals surface area contributed by atoms with Crippen molar-refractivity contribution < 1.29 is 4.74 Å². The van der Waals surface area contributed by atoms with E-state index in [-0.39, 0.29) is 5.72 Å². The van der Waals surface area contributed by atoms with Crippen molar-refractivity contribution in [2.24, 2.45) is 0 Å². The molecule has 5 heteroatoms. The molecule has 1 heterocycles. The molecule has 1 fully saturated rings. The van der Waals surface area contributed by atoms with Gasteiger partial charge in [0.1, 0.15) is 5.72 Å². The van der Waals surface area contributed by atoms with Gasteiger partial charge in [-0.05, 0) is 31.4 Å². The Bertz CT molecular complexity index is 558. The molecule has 0 bridgehead atoms. The van der Waals surface area contributed by atoms with Gasteiger partial charge in [-0.2, -0.15) is 0 Å². The number of methoxy groups -OCH3 is 1. The van der Waals surface area contributed by atoms with Crippen molar-refractivity contribution in [3.63, 3.8) is 0 Å². The van der Waals surface area contributed by atoms with Crippen LogP contribution in [0.2, 0.25) is 0 Å². The van der Waals surface area contributed by atoms with E-state index in [1.165, 1.54) is 6.42 Å². The Kier molecular flexibility index (Phi) is 3.60. The lowest BCUT2D eigenvalue weighted by atomic mass is 9.88. The molecule has 0 unspecified atom stereocenters. The fourth-order valence-electron chi connectivity index (χ4n) is 2.16. The molecule has 2 aromatic rings. The molecular weight excluding hydrogens is 324 g/mol. The van der Waals surface area contributed by atoms with E-state index in [0.717, 1.165) is 33.7 Å². The van der Waals surface area contributed by atoms with E-state index in [1.807, 2.05) is 12.1 Å². The van der Waals surface area contributed by atoms with E-state index in [9.17, 15) is 0 Å². The van der Waals surface area contributed by atoms with Gasteiger partial charge in [0.25, 0.3) is 0 Å². The maximum atomic E-state index is 5.56. The molecule has 1 aromatic carbocycles. The van der Waals surface area contributed by atoms with Crippen molar-refractivity contribution >= 4 is 32.4 Å². The zero-order chi connectivity index (χ0) is 13.3. The number of hydrogen-bond donors (Lipinski definition) is 1. The second kappa shape index (κ2) is 5.23. The number of aromatic nitrogens is 1. The van der Waals surface area contributed by atoms with E-state index in [4.69, 9.17) is 4.74 Å². The van der Waals surface area contributed by atoms with Gasteiger partial charge in [-0.3, -0.25) is 0 Å². The van der Waals surface area contributed by atoms with Gasteiger partial charge in [0.05, 0.1) is 5.69 Å². The SMILES string of the molecule is COC1(Nc2nc(-c3ccc(Br)cc3)cs2)CCC1. The van der Waals surface area contributed by atoms with Crippen molar-refractivity contribution in [2.45, 2.75) is 25.0 Å². The summed E-state index contributed by atoms with van der Waals surface area (Å²) >= 11 is 5.07. The Morgan fingerprint density at radius 2 is 2.05 bits per heavy atom. The molecule has 0 radical (unpaired) electrons. The summed E-state index contributed by atoms with van der Waals surface area (Å²) in [6.45, 7) is 0. The molecule has 0 aliphatic heterocycles. The van der Waals surface area contributed by atoms with Crippen LogP contribution in [0, 0.1) is 0 Å². The molecule has 1 N–H and O–H groups in total. The third kappa shape index (κ3) is 2.68. The topological polar surface area (TPSA) is 34.1 Å². The number of hydrogen-bond acceptors (Lipinski definition) is 4. The Balaban J connectivity index is 1.77. The van der Waals surface area contributed by atoms with Gasteiger partial charge in [0, 0.05) is 22.5 Å². The second-order valence-electron chi connectivity index (χ2n) is 4.72. The van der Waals surface area contributed by atoms with Gasteiger partial charge in [-0.1, -0.05) is 28.1 Å². The van der Waals surface area contributed by atoms with Gasteiger partial charge in [-0.15, -0.1) is 11.3 Å². The highest BCUT2D eigenvalue weighted by Gasteiger charge is 2.37. The van der Waals surface area contributed by atoms with Crippen molar-refractivity contribution in [1.82, 2.24) is 4.98 Å². The minimum Gasteiger partial charge on any atom is -0.359 e. The fraction of sp³-hybridized carbons (Fsp3) is 0.357. The Morgan fingerprint density at radius 3 is 2.63 bits per heavy atom. The smallest absolute Gasteiger partial charge is 0.185 e. The fourth-order valence-corrected chi connectivity index (χ4v) is 3.23. The number of thiazole rings is 1. The lowest BCUT2D eigenvalue weighted by Crippen LogP contribution is -2.46. The van der Waals surface area contributed by atoms with Crippen molar-refractivity contribution in [3.8, 4) is 11.3 Å². The van der Waals surface area contributed by atoms with Crippen LogP contribution in [0.4, 0.5) is 5.13 Å². The molecular formula is C14H15BrN2OS. The van der Waals surface area contributed by atoms with E-state index in [1.54, 1.807) is 18.4 Å². The lowest BCUT2D eigenvalue weighted by Gasteiger charge is -2.40. The molecule has 1 aliphatic carbocycles. The van der Waals surface area contributed by atoms with Gasteiger partial charge in [0.2, 0.25) is 0 Å². The highest BCUT2D eigenvalue weighted by Crippen LogP contribution is 2.37. The maximum Gasteiger partial charge on any atom is 0.185 e. The number of nitrogens with one attached hydrogen (secondary N) is 1. The van der Waals surface area contributed by atoms with Crippen LogP contribution < -0.4 is 5.32 Å². The first kappa shape index (κ1) is 13.1. The molecule has 0 spiro atoms. The third-order valence-electron chi connectivity index (χ3n) is 3.53. The molecule has 1 saturated carbocycles. The van der Waals surface area contributed by atoms with Crippen LogP contribution in [0.1, 0.15) is 19.3 Å². The van der Waals surface area contributed by atoms with Crippen LogP contribution in [0.25, 0.3) is 11.3 Å². The van der Waals surface area contributed by atoms with Crippen LogP contribution in [0.3, 0.4) is 0 Å². The summed E-state index contributed by atoms with van der Waals surface area (Å²) in [6.07, 6.45) is 3.32. The molecule has 0 atom stereocenters. The van der Waals surface area contributed by atoms with Crippen molar-refractivity contribution in [3.05, 3.63) is 34.1 Å². The van der Waals surface area contributed by atoms with Gasteiger partial charge < -0.3 is 10.1 Å². The number of halogens is 1. The van der Waals surface area contributed by atoms with Gasteiger partial charge in [0.15, 0.2) is 5.13 Å². The zero-order valence-corrected chi connectivity index (χ0v) is 13.1. The summed E-state index contributed by atoms with van der Waals surface area (Å²) < 4.78 is 6.64. The summed E-state index contributed by atoms with van der Waals surface area (Å²) in [7, 11) is 1.76. The standard InChI is InChI=1S/C14H15BrN2OS/c1-18-14(7-2-8-14)17-13-16-12(9-19-13)10-3-5-11(15)6-4-10/h3-6,9H,2,7-8H2,1H3,(H,16,17). The third-order valence-corrected chi connectivity index (χ3v) is 4.82. The normalized spacial score (nSPS) is 16.9. The Hall–Kier alpha value is -0.910. The molecule has 3 nitrogen and oxygen atoms in total. The summed E-state index contributed by atoms with van der Waals surface area (Å²) in [5, 5.41) is 6.43. The summed E-state index contributed by atoms with van der Waals surface area (Å²) in [4.78, 5) is 4.64. The summed E-state index contributed by atoms with van der Waals surface area (Å²) in [5.74, 6) is 0. The molecule has 1 aromatic heterocycles. The minimum atomic E-state index is -0.186. The lowest BCUT2D eigenvalue weighted by molar-refractivity contribution is -0.0472. The summed E-state index contributed by atoms with van der Waals surface area (Å²) in [5.41, 5.74) is 1.95. The quantitative estimate of drug-likeness (QED) is 0.832. The molecule has 0 saturated heterocycles. The average Bonchev–Trinajstić information content (AvgIpc) is 2.83. The van der Waals surface area contributed by atoms with Crippen LogP contribution in [-0.2, 0) is 4.74 Å². The highest BCUT2D eigenvalue weighted by atomic mass is 79.9. The zero-order valence-electron chi connectivity index (χ0n) is 10.6. The van der Waals surface area contributed by atoms with Gasteiger partial charge in [-0.25, -0.2) is 4.98 Å². The number of benzene rings is 1. The Morgan fingerprint density at radius 1 is 1.32 bits per heavy atom. The maximum absolute atomic E-state index is 5.56. The van der Waals surface area contributed by atoms with Crippen LogP contribution in [0.15, 0.2) is 34.1 Å². The first-order valence-electron chi connectivity index (χ1n) is 6.26. The number of anilines is 1. The number of nitrogens with zero attached hydrogens (tertiary/aromatic N) is 1. The van der Waals surface area contributed by atoms with E-state index >= 15 is 0 Å². The van der Waals surface area contributed by atoms with Crippen LogP contribution in [0.5, 0.6) is 0 Å². The second-order valence-corrected chi connectivity index (χ2v) is 6.50. The first-order chi connectivity index (χ1) is 9.21. The predicted molar refractivity (Wildman–Crippen MR) is 82.5 cm³/mol. The Labute approximate surface area is 125 Å². The van der Waals surface area contributed by atoms with Crippen LogP contribution >= 0.6 is 27.3 Å². The monoisotopic (exact) mass is 338 g/mol. The van der Waals surface area contributed by atoms with Crippen LogP contribution in [-0.4, -0.2) is 17.8 Å². The largest absolute Gasteiger partial charge is 0.359 e. The summed E-state index contributed by atoms with van der Waals surface area (Å²) in [6, 6.07) is 8.20. The molecule has 0 amide bonds. The predicted octanol–water partition coefficient (Wildman–Crippen LogP) is 4.51. The van der Waals surface area contributed by atoms with E-state index in [2.05, 4.69) is 43.7 Å². The molecule has 100 valence electrons. The molecule has 19 heavy (non-hydrogen) atoms. The number of rotatable bonds is 4. The van der Waals surface area contributed by atoms with E-state index in [0.29, 0.717) is 0 Å². The minimum absolute atomic E-state index is 0.186. The van der Waals surface area contributed by atoms with Crippen molar-refractivity contribution in [1.29, 1.82) is 0 Å².